The van der Waals surface area contributed by atoms with Crippen molar-refractivity contribution in [2.24, 2.45) is 0 Å². The highest BCUT2D eigenvalue weighted by atomic mass is 16.6. The highest BCUT2D eigenvalue weighted by Crippen LogP contribution is 2.34. The van der Waals surface area contributed by atoms with Crippen molar-refractivity contribution >= 4 is 6.09 Å². The predicted molar refractivity (Wildman–Crippen MR) is 75.3 cm³/mol. The third-order valence-corrected chi connectivity index (χ3v) is 3.77. The summed E-state index contributed by atoms with van der Waals surface area (Å²) in [7, 11) is 3.68. The average molecular weight is 272 g/mol. The Hall–Kier alpha value is -0.810. The number of nitrogens with one attached hydrogen (secondary N) is 1. The maximum absolute atomic E-state index is 11.3. The largest absolute Gasteiger partial charge is 0.445 e. The van der Waals surface area contributed by atoms with Crippen LogP contribution in [0.2, 0.25) is 0 Å². The van der Waals surface area contributed by atoms with Crippen LogP contribution in [0.4, 0.5) is 4.79 Å². The van der Waals surface area contributed by atoms with Crippen LogP contribution in [-0.2, 0) is 9.47 Å². The molecule has 1 rings (SSSR count). The molecule has 0 aromatic rings. The van der Waals surface area contributed by atoms with Gasteiger partial charge in [-0.2, -0.15) is 0 Å². The first kappa shape index (κ1) is 16.2. The number of hydrogen-bond acceptors (Lipinski definition) is 4. The van der Waals surface area contributed by atoms with Gasteiger partial charge in [0.2, 0.25) is 0 Å². The Morgan fingerprint density at radius 3 is 2.74 bits per heavy atom. The van der Waals surface area contributed by atoms with Crippen LogP contribution in [0.25, 0.3) is 0 Å². The van der Waals surface area contributed by atoms with Crippen molar-refractivity contribution in [3.63, 3.8) is 0 Å². The molecule has 1 heterocycles. The standard InChI is InChI=1S/C14H28N2O3/c1-6-7-14(10-18-11(2)3)8-12(9-16(14)5)19-13(17)15-4/h11-12H,6-10H2,1-5H3,(H,15,17). The summed E-state index contributed by atoms with van der Waals surface area (Å²) < 4.78 is 11.2. The molecule has 0 aromatic heterocycles. The van der Waals surface area contributed by atoms with Crippen molar-refractivity contribution in [3.8, 4) is 0 Å². The highest BCUT2D eigenvalue weighted by molar-refractivity contribution is 5.66. The van der Waals surface area contributed by atoms with Crippen molar-refractivity contribution in [2.45, 2.75) is 57.8 Å². The lowest BCUT2D eigenvalue weighted by Crippen LogP contribution is -2.45. The predicted octanol–water partition coefficient (Wildman–Crippen LogP) is 2.01. The van der Waals surface area contributed by atoms with Crippen LogP contribution >= 0.6 is 0 Å². The maximum atomic E-state index is 11.3. The summed E-state index contributed by atoms with van der Waals surface area (Å²) >= 11 is 0. The van der Waals surface area contributed by atoms with Crippen LogP contribution in [0, 0.1) is 0 Å². The number of carbonyl (C=O) groups is 1. The number of rotatable bonds is 6. The van der Waals surface area contributed by atoms with Gasteiger partial charge in [0, 0.05) is 25.6 Å². The Balaban J connectivity index is 2.66. The van der Waals surface area contributed by atoms with Gasteiger partial charge in [0.1, 0.15) is 6.10 Å². The molecular formula is C14H28N2O3. The quantitative estimate of drug-likeness (QED) is 0.803. The minimum atomic E-state index is -0.351. The SMILES string of the molecule is CCCC1(COC(C)C)CC(OC(=O)NC)CN1C. The molecule has 0 bridgehead atoms. The number of ether oxygens (including phenoxy) is 2. The molecule has 0 spiro atoms. The van der Waals surface area contributed by atoms with E-state index in [0.717, 1.165) is 25.8 Å². The van der Waals surface area contributed by atoms with E-state index in [0.29, 0.717) is 6.61 Å². The van der Waals surface area contributed by atoms with E-state index in [9.17, 15) is 4.79 Å². The Labute approximate surface area is 116 Å². The molecule has 0 aromatic carbocycles. The molecule has 1 saturated heterocycles. The van der Waals surface area contributed by atoms with E-state index in [1.165, 1.54) is 0 Å². The monoisotopic (exact) mass is 272 g/mol. The Kier molecular flexibility index (Phi) is 6.07. The van der Waals surface area contributed by atoms with Crippen LogP contribution in [0.3, 0.4) is 0 Å². The Bertz CT molecular complexity index is 296. The molecule has 1 N–H and O–H groups in total. The molecule has 112 valence electrons. The first-order valence-corrected chi connectivity index (χ1v) is 7.14. The molecular weight excluding hydrogens is 244 g/mol. The first-order valence-electron chi connectivity index (χ1n) is 7.14. The van der Waals surface area contributed by atoms with E-state index in [1.54, 1.807) is 7.05 Å². The van der Waals surface area contributed by atoms with Gasteiger partial charge >= 0.3 is 6.09 Å². The van der Waals surface area contributed by atoms with Gasteiger partial charge in [0.05, 0.1) is 12.7 Å². The summed E-state index contributed by atoms with van der Waals surface area (Å²) in [6.45, 7) is 7.75. The van der Waals surface area contributed by atoms with E-state index in [1.807, 2.05) is 13.8 Å². The van der Waals surface area contributed by atoms with Gasteiger partial charge in [-0.15, -0.1) is 0 Å². The molecule has 1 aliphatic rings. The van der Waals surface area contributed by atoms with E-state index < -0.39 is 0 Å². The van der Waals surface area contributed by atoms with Gasteiger partial charge < -0.3 is 14.8 Å². The second kappa shape index (κ2) is 7.10. The lowest BCUT2D eigenvalue weighted by molar-refractivity contribution is -0.00983. The van der Waals surface area contributed by atoms with E-state index in [2.05, 4.69) is 24.2 Å². The number of likely N-dealkylation sites (tertiary alicyclic amines) is 1. The van der Waals surface area contributed by atoms with Crippen molar-refractivity contribution in [1.82, 2.24) is 10.2 Å². The third kappa shape index (κ3) is 4.35. The fourth-order valence-electron chi connectivity index (χ4n) is 2.75. The molecule has 19 heavy (non-hydrogen) atoms. The zero-order valence-corrected chi connectivity index (χ0v) is 12.9. The van der Waals surface area contributed by atoms with Gasteiger partial charge in [0.15, 0.2) is 0 Å². The average Bonchev–Trinajstić information content (AvgIpc) is 2.64. The van der Waals surface area contributed by atoms with Crippen LogP contribution in [0.5, 0.6) is 0 Å². The topological polar surface area (TPSA) is 50.8 Å². The zero-order valence-electron chi connectivity index (χ0n) is 12.9. The lowest BCUT2D eigenvalue weighted by atomic mass is 9.91. The summed E-state index contributed by atoms with van der Waals surface area (Å²) in [5, 5.41) is 2.51. The minimum Gasteiger partial charge on any atom is -0.445 e. The molecule has 0 aliphatic carbocycles. The number of hydrogen-bond donors (Lipinski definition) is 1. The number of likely N-dealkylation sites (N-methyl/N-ethyl adjacent to an activating group) is 1. The number of alkyl carbamates (subject to hydrolysis) is 1. The number of carbonyl (C=O) groups excluding carboxylic acids is 1. The normalized spacial score (nSPS) is 27.8. The van der Waals surface area contributed by atoms with Crippen molar-refractivity contribution in [1.29, 1.82) is 0 Å². The van der Waals surface area contributed by atoms with Gasteiger partial charge in [-0.25, -0.2) is 4.79 Å². The minimum absolute atomic E-state index is 0.00227. The van der Waals surface area contributed by atoms with Crippen LogP contribution in [0.15, 0.2) is 0 Å². The molecule has 1 fully saturated rings. The maximum Gasteiger partial charge on any atom is 0.407 e. The van der Waals surface area contributed by atoms with Crippen LogP contribution in [-0.4, -0.2) is 56.0 Å². The smallest absolute Gasteiger partial charge is 0.407 e. The molecule has 5 nitrogen and oxygen atoms in total. The van der Waals surface area contributed by atoms with Crippen LogP contribution in [0.1, 0.15) is 40.0 Å². The van der Waals surface area contributed by atoms with E-state index in [-0.39, 0.29) is 23.8 Å². The number of amides is 1. The molecule has 1 aliphatic heterocycles. The van der Waals surface area contributed by atoms with Crippen molar-refractivity contribution < 1.29 is 14.3 Å². The summed E-state index contributed by atoms with van der Waals surface area (Å²) in [5.74, 6) is 0. The molecule has 5 heteroatoms. The van der Waals surface area contributed by atoms with Crippen molar-refractivity contribution in [3.05, 3.63) is 0 Å². The summed E-state index contributed by atoms with van der Waals surface area (Å²) in [6, 6.07) is 0. The molecule has 1 amide bonds. The van der Waals surface area contributed by atoms with E-state index in [4.69, 9.17) is 9.47 Å². The van der Waals surface area contributed by atoms with Crippen LogP contribution < -0.4 is 5.32 Å². The second-order valence-corrected chi connectivity index (χ2v) is 5.70. The molecule has 2 atom stereocenters. The molecule has 0 radical (unpaired) electrons. The fraction of sp³-hybridized carbons (Fsp3) is 0.929. The fourth-order valence-corrected chi connectivity index (χ4v) is 2.75. The molecule has 0 saturated carbocycles. The van der Waals surface area contributed by atoms with Gasteiger partial charge in [-0.1, -0.05) is 13.3 Å². The number of nitrogens with zero attached hydrogens (tertiary/aromatic N) is 1. The zero-order chi connectivity index (χ0) is 14.5. The van der Waals surface area contributed by atoms with Crippen molar-refractivity contribution in [2.75, 3.05) is 27.2 Å². The van der Waals surface area contributed by atoms with Gasteiger partial charge in [0.25, 0.3) is 0 Å². The Morgan fingerprint density at radius 2 is 2.21 bits per heavy atom. The molecule has 2 unspecified atom stereocenters. The summed E-state index contributed by atoms with van der Waals surface area (Å²) in [4.78, 5) is 13.6. The third-order valence-electron chi connectivity index (χ3n) is 3.77. The van der Waals surface area contributed by atoms with Gasteiger partial charge in [-0.3, -0.25) is 4.90 Å². The van der Waals surface area contributed by atoms with Gasteiger partial charge in [-0.05, 0) is 27.3 Å². The summed E-state index contributed by atoms with van der Waals surface area (Å²) in [6.07, 6.45) is 2.82. The lowest BCUT2D eigenvalue weighted by Gasteiger charge is -2.36. The highest BCUT2D eigenvalue weighted by Gasteiger charge is 2.44. The first-order chi connectivity index (χ1) is 8.93. The summed E-state index contributed by atoms with van der Waals surface area (Å²) in [5.41, 5.74) is -0.00227. The van der Waals surface area contributed by atoms with E-state index >= 15 is 0 Å². The Morgan fingerprint density at radius 1 is 1.53 bits per heavy atom. The second-order valence-electron chi connectivity index (χ2n) is 5.70.